The molecule has 0 radical (unpaired) electrons. The lowest BCUT2D eigenvalue weighted by Gasteiger charge is -2.41. The Morgan fingerprint density at radius 1 is 1.22 bits per heavy atom. The maximum Gasteiger partial charge on any atom is 0.137 e. The minimum atomic E-state index is -1.03. The van der Waals surface area contributed by atoms with Gasteiger partial charge in [-0.05, 0) is 43.3 Å². The zero-order chi connectivity index (χ0) is 16.9. The average Bonchev–Trinajstić information content (AvgIpc) is 2.71. The molecule has 1 amide bonds. The Balaban J connectivity index is 1.93. The van der Waals surface area contributed by atoms with Gasteiger partial charge in [-0.3, -0.25) is 0 Å². The molecular weight excluding hydrogens is 288 g/mol. The molecule has 4 nitrogen and oxygen atoms in total. The third kappa shape index (κ3) is 5.24. The van der Waals surface area contributed by atoms with E-state index in [2.05, 4.69) is 49.9 Å². The molecular formula is C19H29N2O2-. The molecule has 0 bridgehead atoms. The number of carboxylic acid groups (broad SMARTS) is 1. The van der Waals surface area contributed by atoms with Crippen LogP contribution >= 0.6 is 0 Å². The molecule has 1 aliphatic heterocycles. The first-order chi connectivity index (χ1) is 10.9. The van der Waals surface area contributed by atoms with Crippen LogP contribution in [0.3, 0.4) is 0 Å². The molecule has 1 aromatic rings. The summed E-state index contributed by atoms with van der Waals surface area (Å²) in [6, 6.07) is 10.5. The normalized spacial score (nSPS) is 20.3. The summed E-state index contributed by atoms with van der Waals surface area (Å²) in [4.78, 5) is 15.4. The van der Waals surface area contributed by atoms with Gasteiger partial charge in [-0.25, -0.2) is 0 Å². The van der Waals surface area contributed by atoms with Crippen LogP contribution in [-0.2, 0) is 6.42 Å². The van der Waals surface area contributed by atoms with Gasteiger partial charge in [0.2, 0.25) is 0 Å². The van der Waals surface area contributed by atoms with Crippen molar-refractivity contribution in [2.45, 2.75) is 46.1 Å². The SMILES string of the molecule is CC(C)(C)C1CN(CCCc2ccccc2)CCCN1C(=O)[O-]. The highest BCUT2D eigenvalue weighted by Gasteiger charge is 2.33. The van der Waals surface area contributed by atoms with Crippen LogP contribution in [0.5, 0.6) is 0 Å². The van der Waals surface area contributed by atoms with Gasteiger partial charge in [-0.15, -0.1) is 0 Å². The zero-order valence-electron chi connectivity index (χ0n) is 14.6. The lowest BCUT2D eigenvalue weighted by molar-refractivity contribution is -0.269. The molecule has 1 unspecified atom stereocenters. The van der Waals surface area contributed by atoms with Gasteiger partial charge in [0.1, 0.15) is 6.09 Å². The maximum atomic E-state index is 11.5. The van der Waals surface area contributed by atoms with Crippen molar-refractivity contribution < 1.29 is 9.90 Å². The van der Waals surface area contributed by atoms with Crippen molar-refractivity contribution in [3.8, 4) is 0 Å². The third-order valence-electron chi connectivity index (χ3n) is 4.70. The standard InChI is InChI=1S/C19H30N2O2/c1-19(2,3)17-15-20(13-8-14-21(17)18(22)23)12-7-11-16-9-5-4-6-10-16/h4-6,9-10,17H,7-8,11-15H2,1-3H3,(H,22,23)/p-1. The molecule has 23 heavy (non-hydrogen) atoms. The van der Waals surface area contributed by atoms with Crippen molar-refractivity contribution in [3.05, 3.63) is 35.9 Å². The van der Waals surface area contributed by atoms with E-state index >= 15 is 0 Å². The number of hydrogen-bond acceptors (Lipinski definition) is 3. The number of hydrogen-bond donors (Lipinski definition) is 0. The molecule has 1 aliphatic rings. The van der Waals surface area contributed by atoms with Crippen LogP contribution in [0.25, 0.3) is 0 Å². The van der Waals surface area contributed by atoms with E-state index in [1.807, 2.05) is 6.07 Å². The van der Waals surface area contributed by atoms with Gasteiger partial charge < -0.3 is 19.7 Å². The summed E-state index contributed by atoms with van der Waals surface area (Å²) in [5.74, 6) is 0. The molecule has 1 saturated heterocycles. The molecule has 0 N–H and O–H groups in total. The lowest BCUT2D eigenvalue weighted by atomic mass is 9.85. The van der Waals surface area contributed by atoms with Crippen molar-refractivity contribution in [1.29, 1.82) is 0 Å². The molecule has 128 valence electrons. The molecule has 2 rings (SSSR count). The lowest BCUT2D eigenvalue weighted by Crippen LogP contribution is -2.55. The number of aryl methyl sites for hydroxylation is 1. The second kappa shape index (κ2) is 7.82. The maximum absolute atomic E-state index is 11.5. The van der Waals surface area contributed by atoms with Crippen LogP contribution in [0.2, 0.25) is 0 Å². The predicted octanol–water partition coefficient (Wildman–Crippen LogP) is 2.38. The summed E-state index contributed by atoms with van der Waals surface area (Å²) in [7, 11) is 0. The van der Waals surface area contributed by atoms with Crippen LogP contribution in [0.15, 0.2) is 30.3 Å². The molecule has 1 heterocycles. The van der Waals surface area contributed by atoms with Gasteiger partial charge in [-0.1, -0.05) is 51.1 Å². The Bertz CT molecular complexity index is 496. The molecule has 1 fully saturated rings. The van der Waals surface area contributed by atoms with Gasteiger partial charge in [0, 0.05) is 19.1 Å². The summed E-state index contributed by atoms with van der Waals surface area (Å²) in [6.07, 6.45) is 2.02. The summed E-state index contributed by atoms with van der Waals surface area (Å²) in [6.45, 7) is 9.70. The molecule has 1 atom stereocenters. The van der Waals surface area contributed by atoms with Gasteiger partial charge in [-0.2, -0.15) is 0 Å². The Kier molecular flexibility index (Phi) is 6.05. The van der Waals surface area contributed by atoms with Crippen LogP contribution in [0, 0.1) is 5.41 Å². The van der Waals surface area contributed by atoms with E-state index in [1.54, 1.807) is 0 Å². The third-order valence-corrected chi connectivity index (χ3v) is 4.70. The van der Waals surface area contributed by atoms with Crippen molar-refractivity contribution in [2.75, 3.05) is 26.2 Å². The first kappa shape index (κ1) is 17.8. The fourth-order valence-corrected chi connectivity index (χ4v) is 3.37. The minimum absolute atomic E-state index is 0.00766. The Morgan fingerprint density at radius 3 is 2.52 bits per heavy atom. The van der Waals surface area contributed by atoms with Crippen LogP contribution in [0.4, 0.5) is 4.79 Å². The van der Waals surface area contributed by atoms with Crippen molar-refractivity contribution in [3.63, 3.8) is 0 Å². The minimum Gasteiger partial charge on any atom is -0.530 e. The Morgan fingerprint density at radius 2 is 1.91 bits per heavy atom. The number of carbonyl (C=O) groups is 1. The van der Waals surface area contributed by atoms with E-state index in [1.165, 1.54) is 10.5 Å². The second-order valence-corrected chi connectivity index (χ2v) is 7.58. The number of amides is 1. The van der Waals surface area contributed by atoms with E-state index < -0.39 is 6.09 Å². The number of carbonyl (C=O) groups excluding carboxylic acids is 1. The average molecular weight is 317 g/mol. The first-order valence-corrected chi connectivity index (χ1v) is 8.62. The van der Waals surface area contributed by atoms with Crippen molar-refractivity contribution in [1.82, 2.24) is 9.80 Å². The van der Waals surface area contributed by atoms with Gasteiger partial charge >= 0.3 is 0 Å². The second-order valence-electron chi connectivity index (χ2n) is 7.58. The van der Waals surface area contributed by atoms with Gasteiger partial charge in [0.15, 0.2) is 0 Å². The summed E-state index contributed by atoms with van der Waals surface area (Å²) in [5.41, 5.74) is 1.29. The van der Waals surface area contributed by atoms with Crippen molar-refractivity contribution >= 4 is 6.09 Å². The number of benzene rings is 1. The smallest absolute Gasteiger partial charge is 0.137 e. The summed E-state index contributed by atoms with van der Waals surface area (Å²) >= 11 is 0. The number of nitrogens with zero attached hydrogens (tertiary/aromatic N) is 2. The van der Waals surface area contributed by atoms with Crippen LogP contribution in [0.1, 0.15) is 39.2 Å². The molecule has 0 aliphatic carbocycles. The largest absolute Gasteiger partial charge is 0.530 e. The summed E-state index contributed by atoms with van der Waals surface area (Å²) < 4.78 is 0. The molecule has 4 heteroatoms. The Hall–Kier alpha value is -1.55. The quantitative estimate of drug-likeness (QED) is 0.856. The highest BCUT2D eigenvalue weighted by atomic mass is 16.4. The molecule has 0 saturated carbocycles. The molecule has 1 aromatic carbocycles. The monoisotopic (exact) mass is 317 g/mol. The van der Waals surface area contributed by atoms with E-state index in [9.17, 15) is 9.90 Å². The van der Waals surface area contributed by atoms with E-state index in [0.29, 0.717) is 6.54 Å². The Labute approximate surface area is 140 Å². The molecule has 0 spiro atoms. The fourth-order valence-electron chi connectivity index (χ4n) is 3.37. The summed E-state index contributed by atoms with van der Waals surface area (Å²) in [5, 5.41) is 11.5. The topological polar surface area (TPSA) is 46.6 Å². The zero-order valence-corrected chi connectivity index (χ0v) is 14.6. The molecule has 0 aromatic heterocycles. The van der Waals surface area contributed by atoms with Crippen LogP contribution in [-0.4, -0.2) is 48.1 Å². The van der Waals surface area contributed by atoms with Crippen molar-refractivity contribution in [2.24, 2.45) is 5.41 Å². The first-order valence-electron chi connectivity index (χ1n) is 8.62. The fraction of sp³-hybridized carbons (Fsp3) is 0.632. The van der Waals surface area contributed by atoms with E-state index in [4.69, 9.17) is 0 Å². The van der Waals surface area contributed by atoms with E-state index in [0.717, 1.165) is 38.9 Å². The van der Waals surface area contributed by atoms with Gasteiger partial charge in [0.25, 0.3) is 0 Å². The van der Waals surface area contributed by atoms with Crippen LogP contribution < -0.4 is 5.11 Å². The van der Waals surface area contributed by atoms with Gasteiger partial charge in [0.05, 0.1) is 0 Å². The highest BCUT2D eigenvalue weighted by molar-refractivity contribution is 5.63. The predicted molar refractivity (Wildman–Crippen MR) is 91.2 cm³/mol. The highest BCUT2D eigenvalue weighted by Crippen LogP contribution is 2.27. The number of rotatable bonds is 4. The van der Waals surface area contributed by atoms with E-state index in [-0.39, 0.29) is 11.5 Å².